The second kappa shape index (κ2) is 10.0. The molecule has 0 unspecified atom stereocenters. The first kappa shape index (κ1) is 23.2. The van der Waals surface area contributed by atoms with Crippen molar-refractivity contribution >= 4 is 17.3 Å². The Morgan fingerprint density at radius 1 is 0.943 bits per heavy atom. The van der Waals surface area contributed by atoms with Gasteiger partial charge in [0.25, 0.3) is 5.91 Å². The highest BCUT2D eigenvalue weighted by Crippen LogP contribution is 2.33. The molecule has 0 bridgehead atoms. The quantitative estimate of drug-likeness (QED) is 0.530. The number of carbonyl (C=O) groups is 1. The van der Waals surface area contributed by atoms with Gasteiger partial charge in [-0.1, -0.05) is 66.2 Å². The number of aryl methyl sites for hydroxylation is 2. The van der Waals surface area contributed by atoms with Gasteiger partial charge in [0.05, 0.1) is 24.0 Å². The van der Waals surface area contributed by atoms with Crippen molar-refractivity contribution in [2.24, 2.45) is 5.10 Å². The van der Waals surface area contributed by atoms with Crippen molar-refractivity contribution in [1.29, 1.82) is 0 Å². The van der Waals surface area contributed by atoms with E-state index in [0.29, 0.717) is 44.8 Å². The van der Waals surface area contributed by atoms with Crippen LogP contribution in [-0.2, 0) is 4.79 Å². The SMILES string of the molecule is Cc1ccc(C2=NN(C(=O)CN3CCN(c4ccccc4F)CC3)[C@H](c3ccccc3)C2)c(C)c1. The number of benzene rings is 3. The first-order valence-corrected chi connectivity index (χ1v) is 12.2. The summed E-state index contributed by atoms with van der Waals surface area (Å²) < 4.78 is 14.2. The van der Waals surface area contributed by atoms with Crippen LogP contribution in [0.5, 0.6) is 0 Å². The van der Waals surface area contributed by atoms with E-state index in [2.05, 4.69) is 54.0 Å². The van der Waals surface area contributed by atoms with E-state index in [1.165, 1.54) is 17.2 Å². The van der Waals surface area contributed by atoms with Crippen LogP contribution >= 0.6 is 0 Å². The van der Waals surface area contributed by atoms with E-state index in [4.69, 9.17) is 5.10 Å². The molecule has 180 valence electrons. The van der Waals surface area contributed by atoms with Gasteiger partial charge in [0.15, 0.2) is 0 Å². The highest BCUT2D eigenvalue weighted by atomic mass is 19.1. The minimum absolute atomic E-state index is 0.00189. The maximum atomic E-state index is 14.2. The van der Waals surface area contributed by atoms with Crippen LogP contribution in [0.25, 0.3) is 0 Å². The number of hydrogen-bond donors (Lipinski definition) is 0. The summed E-state index contributed by atoms with van der Waals surface area (Å²) in [5.74, 6) is -0.203. The van der Waals surface area contributed by atoms with Crippen LogP contribution in [0.1, 0.15) is 34.7 Å². The lowest BCUT2D eigenvalue weighted by molar-refractivity contribution is -0.134. The molecule has 0 radical (unpaired) electrons. The summed E-state index contributed by atoms with van der Waals surface area (Å²) in [6, 6.07) is 23.3. The lowest BCUT2D eigenvalue weighted by Crippen LogP contribution is -2.49. The molecule has 2 aliphatic rings. The second-order valence-electron chi connectivity index (χ2n) is 9.45. The van der Waals surface area contributed by atoms with Crippen molar-refractivity contribution < 1.29 is 9.18 Å². The largest absolute Gasteiger partial charge is 0.367 e. The number of carbonyl (C=O) groups excluding carboxylic acids is 1. The van der Waals surface area contributed by atoms with Gasteiger partial charge in [-0.15, -0.1) is 0 Å². The normalized spacial score (nSPS) is 18.6. The molecule has 1 fully saturated rings. The van der Waals surface area contributed by atoms with Crippen LogP contribution in [0.2, 0.25) is 0 Å². The van der Waals surface area contributed by atoms with Crippen molar-refractivity contribution in [3.8, 4) is 0 Å². The molecular formula is C29H31FN4O. The minimum Gasteiger partial charge on any atom is -0.367 e. The maximum absolute atomic E-state index is 14.2. The molecule has 0 aromatic heterocycles. The van der Waals surface area contributed by atoms with Gasteiger partial charge in [-0.05, 0) is 37.1 Å². The molecular weight excluding hydrogens is 439 g/mol. The molecule has 1 atom stereocenters. The van der Waals surface area contributed by atoms with Crippen LogP contribution in [0.4, 0.5) is 10.1 Å². The fraction of sp³-hybridized carbons (Fsp3) is 0.310. The van der Waals surface area contributed by atoms with E-state index in [1.54, 1.807) is 11.1 Å². The Labute approximate surface area is 206 Å². The van der Waals surface area contributed by atoms with E-state index >= 15 is 0 Å². The Hall–Kier alpha value is -3.51. The average molecular weight is 471 g/mol. The molecule has 5 rings (SSSR count). The zero-order chi connectivity index (χ0) is 24.4. The van der Waals surface area contributed by atoms with Crippen molar-refractivity contribution in [2.75, 3.05) is 37.6 Å². The first-order chi connectivity index (χ1) is 17.0. The van der Waals surface area contributed by atoms with Gasteiger partial charge in [-0.3, -0.25) is 9.69 Å². The van der Waals surface area contributed by atoms with Gasteiger partial charge in [-0.25, -0.2) is 9.40 Å². The molecule has 3 aromatic rings. The van der Waals surface area contributed by atoms with Gasteiger partial charge >= 0.3 is 0 Å². The zero-order valence-electron chi connectivity index (χ0n) is 20.3. The molecule has 0 aliphatic carbocycles. The summed E-state index contributed by atoms with van der Waals surface area (Å²) in [7, 11) is 0. The van der Waals surface area contributed by atoms with Crippen molar-refractivity contribution in [3.05, 3.63) is 101 Å². The van der Waals surface area contributed by atoms with Gasteiger partial charge in [0, 0.05) is 38.2 Å². The highest BCUT2D eigenvalue weighted by molar-refractivity contribution is 6.04. The Morgan fingerprint density at radius 2 is 1.66 bits per heavy atom. The summed E-state index contributed by atoms with van der Waals surface area (Å²) in [5.41, 5.74) is 6.17. The van der Waals surface area contributed by atoms with Crippen molar-refractivity contribution in [3.63, 3.8) is 0 Å². The van der Waals surface area contributed by atoms with Crippen LogP contribution < -0.4 is 4.90 Å². The molecule has 6 heteroatoms. The molecule has 1 amide bonds. The number of nitrogens with zero attached hydrogens (tertiary/aromatic N) is 4. The summed E-state index contributed by atoms with van der Waals surface area (Å²) >= 11 is 0. The van der Waals surface area contributed by atoms with Crippen LogP contribution in [0.3, 0.4) is 0 Å². The first-order valence-electron chi connectivity index (χ1n) is 12.2. The topological polar surface area (TPSA) is 39.2 Å². The van der Waals surface area contributed by atoms with E-state index in [9.17, 15) is 9.18 Å². The fourth-order valence-electron chi connectivity index (χ4n) is 5.09. The van der Waals surface area contributed by atoms with Crippen molar-refractivity contribution in [1.82, 2.24) is 9.91 Å². The number of anilines is 1. The molecule has 1 saturated heterocycles. The molecule has 0 N–H and O–H groups in total. The van der Waals surface area contributed by atoms with Gasteiger partial charge < -0.3 is 4.90 Å². The van der Waals surface area contributed by atoms with Crippen LogP contribution in [-0.4, -0.2) is 54.3 Å². The fourth-order valence-corrected chi connectivity index (χ4v) is 5.09. The Bertz CT molecular complexity index is 1230. The lowest BCUT2D eigenvalue weighted by Gasteiger charge is -2.36. The average Bonchev–Trinajstić information content (AvgIpc) is 3.31. The lowest BCUT2D eigenvalue weighted by atomic mass is 9.95. The molecule has 2 heterocycles. The van der Waals surface area contributed by atoms with Crippen molar-refractivity contribution in [2.45, 2.75) is 26.3 Å². The Kier molecular flexibility index (Phi) is 6.64. The Balaban J connectivity index is 1.32. The third-order valence-electron chi connectivity index (χ3n) is 6.97. The maximum Gasteiger partial charge on any atom is 0.257 e. The molecule has 2 aliphatic heterocycles. The summed E-state index contributed by atoms with van der Waals surface area (Å²) in [6.07, 6.45) is 0.695. The van der Waals surface area contributed by atoms with E-state index in [-0.39, 0.29) is 17.8 Å². The second-order valence-corrected chi connectivity index (χ2v) is 9.45. The number of hydrazone groups is 1. The summed E-state index contributed by atoms with van der Waals surface area (Å²) in [4.78, 5) is 17.7. The molecule has 0 spiro atoms. The van der Waals surface area contributed by atoms with E-state index < -0.39 is 0 Å². The smallest absolute Gasteiger partial charge is 0.257 e. The zero-order valence-corrected chi connectivity index (χ0v) is 20.3. The summed E-state index contributed by atoms with van der Waals surface area (Å²) in [5, 5.41) is 6.55. The van der Waals surface area contributed by atoms with Crippen LogP contribution in [0, 0.1) is 19.7 Å². The molecule has 35 heavy (non-hydrogen) atoms. The third kappa shape index (κ3) is 4.98. The van der Waals surface area contributed by atoms with E-state index in [1.807, 2.05) is 30.3 Å². The predicted molar refractivity (Wildman–Crippen MR) is 138 cm³/mol. The molecule has 3 aromatic carbocycles. The molecule has 5 nitrogen and oxygen atoms in total. The monoisotopic (exact) mass is 470 g/mol. The Morgan fingerprint density at radius 3 is 2.37 bits per heavy atom. The summed E-state index contributed by atoms with van der Waals surface area (Å²) in [6.45, 7) is 7.28. The van der Waals surface area contributed by atoms with Crippen LogP contribution in [0.15, 0.2) is 77.9 Å². The minimum atomic E-state index is -0.201. The standard InChI is InChI=1S/C29H31FN4O/c1-21-12-13-24(22(2)18-21)26-19-28(23-8-4-3-5-9-23)34(31-26)29(35)20-32-14-16-33(17-15-32)27-11-7-6-10-25(27)30/h3-13,18,28H,14-17,19-20H2,1-2H3/t28-/m0/s1. The number of para-hydroxylation sites is 1. The third-order valence-corrected chi connectivity index (χ3v) is 6.97. The number of piperazine rings is 1. The molecule has 0 saturated carbocycles. The van der Waals surface area contributed by atoms with Gasteiger partial charge in [0.2, 0.25) is 0 Å². The van der Waals surface area contributed by atoms with Gasteiger partial charge in [0.1, 0.15) is 5.82 Å². The number of rotatable bonds is 5. The number of halogens is 1. The number of hydrogen-bond acceptors (Lipinski definition) is 4. The van der Waals surface area contributed by atoms with E-state index in [0.717, 1.165) is 16.8 Å². The number of amides is 1. The highest BCUT2D eigenvalue weighted by Gasteiger charge is 2.34. The van der Waals surface area contributed by atoms with Gasteiger partial charge in [-0.2, -0.15) is 5.10 Å². The predicted octanol–water partition coefficient (Wildman–Crippen LogP) is 4.94.